The van der Waals surface area contributed by atoms with Gasteiger partial charge in [0.1, 0.15) is 11.5 Å². The van der Waals surface area contributed by atoms with Gasteiger partial charge in [0.05, 0.1) is 18.3 Å². The van der Waals surface area contributed by atoms with Crippen LogP contribution in [0.25, 0.3) is 0 Å². The number of hydrogen-bond donors (Lipinski definition) is 1. The third-order valence-corrected chi connectivity index (χ3v) is 4.91. The number of Topliss-reactive ketones (excluding diaryl/α,β-unsaturated/α-hetero) is 1. The van der Waals surface area contributed by atoms with Crippen LogP contribution in [0.1, 0.15) is 56.8 Å². The third-order valence-electron chi connectivity index (χ3n) is 4.91. The molecule has 2 heterocycles. The number of benzene rings is 1. The highest BCUT2D eigenvalue weighted by Crippen LogP contribution is 2.35. The number of ether oxygens (including phenoxy) is 2. The lowest BCUT2D eigenvalue weighted by atomic mass is 10.1. The Hall–Kier alpha value is -2.34. The van der Waals surface area contributed by atoms with E-state index in [-0.39, 0.29) is 17.9 Å². The van der Waals surface area contributed by atoms with Crippen molar-refractivity contribution in [2.45, 2.75) is 52.6 Å². The standard InChI is InChI=1S/C21H28N2O4/c1-14(2)21-20(25)17-9-8-16(13-18(17)27-21)26-12-6-11-23-10-5-4-7-19(23)22-15(3)24/h8-9,13,19H,4-7,10-12H2,1-3H3,(H,22,24). The molecule has 1 aromatic carbocycles. The van der Waals surface area contributed by atoms with Crippen LogP contribution in [0.15, 0.2) is 29.5 Å². The Morgan fingerprint density at radius 1 is 1.30 bits per heavy atom. The van der Waals surface area contributed by atoms with Crippen molar-refractivity contribution in [2.24, 2.45) is 0 Å². The van der Waals surface area contributed by atoms with Gasteiger partial charge in [0.15, 0.2) is 5.76 Å². The summed E-state index contributed by atoms with van der Waals surface area (Å²) in [6.07, 6.45) is 4.33. The highest BCUT2D eigenvalue weighted by molar-refractivity contribution is 6.12. The minimum Gasteiger partial charge on any atom is -0.493 e. The van der Waals surface area contributed by atoms with E-state index in [1.54, 1.807) is 19.1 Å². The Morgan fingerprint density at radius 2 is 2.11 bits per heavy atom. The highest BCUT2D eigenvalue weighted by atomic mass is 16.5. The summed E-state index contributed by atoms with van der Waals surface area (Å²) >= 11 is 0. The Labute approximate surface area is 160 Å². The van der Waals surface area contributed by atoms with E-state index in [0.717, 1.165) is 37.9 Å². The van der Waals surface area contributed by atoms with Gasteiger partial charge >= 0.3 is 0 Å². The number of rotatable bonds is 6. The van der Waals surface area contributed by atoms with Crippen molar-refractivity contribution in [3.8, 4) is 11.5 Å². The molecule has 1 unspecified atom stereocenters. The van der Waals surface area contributed by atoms with Crippen molar-refractivity contribution in [1.82, 2.24) is 10.2 Å². The number of nitrogens with one attached hydrogen (secondary N) is 1. The molecule has 1 N–H and O–H groups in total. The number of carbonyl (C=O) groups excluding carboxylic acids is 2. The zero-order valence-electron chi connectivity index (χ0n) is 16.3. The maximum Gasteiger partial charge on any atom is 0.231 e. The summed E-state index contributed by atoms with van der Waals surface area (Å²) in [5.41, 5.74) is 1.46. The van der Waals surface area contributed by atoms with E-state index in [9.17, 15) is 9.59 Å². The van der Waals surface area contributed by atoms with E-state index >= 15 is 0 Å². The summed E-state index contributed by atoms with van der Waals surface area (Å²) < 4.78 is 11.5. The van der Waals surface area contributed by atoms with Gasteiger partial charge in [-0.15, -0.1) is 0 Å². The predicted molar refractivity (Wildman–Crippen MR) is 103 cm³/mol. The molecule has 2 aliphatic heterocycles. The highest BCUT2D eigenvalue weighted by Gasteiger charge is 2.28. The lowest BCUT2D eigenvalue weighted by Crippen LogP contribution is -2.50. The molecule has 0 radical (unpaired) electrons. The van der Waals surface area contributed by atoms with Gasteiger partial charge < -0.3 is 14.8 Å². The van der Waals surface area contributed by atoms with Crippen LogP contribution in [0, 0.1) is 0 Å². The predicted octanol–water partition coefficient (Wildman–Crippen LogP) is 3.27. The molecule has 0 saturated carbocycles. The summed E-state index contributed by atoms with van der Waals surface area (Å²) in [6.45, 7) is 7.76. The number of hydrogen-bond acceptors (Lipinski definition) is 5. The molecule has 146 valence electrons. The lowest BCUT2D eigenvalue weighted by Gasteiger charge is -2.35. The van der Waals surface area contributed by atoms with Gasteiger partial charge in [0, 0.05) is 26.1 Å². The molecule has 27 heavy (non-hydrogen) atoms. The van der Waals surface area contributed by atoms with Crippen LogP contribution >= 0.6 is 0 Å². The third kappa shape index (κ3) is 4.69. The number of carbonyl (C=O) groups is 2. The maximum absolute atomic E-state index is 12.2. The average Bonchev–Trinajstić information content (AvgIpc) is 2.96. The van der Waals surface area contributed by atoms with Gasteiger partial charge in [-0.25, -0.2) is 0 Å². The number of ketones is 1. The van der Waals surface area contributed by atoms with Crippen LogP contribution in [0.5, 0.6) is 11.5 Å². The van der Waals surface area contributed by atoms with E-state index in [4.69, 9.17) is 9.47 Å². The normalized spacial score (nSPS) is 19.4. The molecular formula is C21H28N2O4. The summed E-state index contributed by atoms with van der Waals surface area (Å²) in [7, 11) is 0. The van der Waals surface area contributed by atoms with E-state index in [2.05, 4.69) is 10.2 Å². The first-order chi connectivity index (χ1) is 13.0. The number of allylic oxidation sites excluding steroid dienone is 2. The van der Waals surface area contributed by atoms with E-state index in [1.807, 2.05) is 19.9 Å². The van der Waals surface area contributed by atoms with E-state index < -0.39 is 0 Å². The van der Waals surface area contributed by atoms with Gasteiger partial charge in [0.2, 0.25) is 11.7 Å². The van der Waals surface area contributed by atoms with Gasteiger partial charge in [0.25, 0.3) is 0 Å². The molecule has 0 aromatic heterocycles. The Kier molecular flexibility index (Phi) is 6.16. The number of fused-ring (bicyclic) bond motifs is 1. The Balaban J connectivity index is 1.50. The molecule has 1 amide bonds. The molecule has 2 aliphatic rings. The summed E-state index contributed by atoms with van der Waals surface area (Å²) in [5.74, 6) is 1.64. The number of piperidine rings is 1. The van der Waals surface area contributed by atoms with Crippen LogP contribution in [0.3, 0.4) is 0 Å². The number of amides is 1. The molecule has 0 aliphatic carbocycles. The molecule has 6 heteroatoms. The molecule has 1 aromatic rings. The van der Waals surface area contributed by atoms with Crippen LogP contribution in [0.2, 0.25) is 0 Å². The second-order valence-electron chi connectivity index (χ2n) is 7.37. The van der Waals surface area contributed by atoms with Crippen LogP contribution in [0.4, 0.5) is 0 Å². The molecular weight excluding hydrogens is 344 g/mol. The van der Waals surface area contributed by atoms with Crippen molar-refractivity contribution < 1.29 is 19.1 Å². The lowest BCUT2D eigenvalue weighted by molar-refractivity contribution is -0.121. The number of nitrogens with zero attached hydrogens (tertiary/aromatic N) is 1. The molecule has 0 spiro atoms. The zero-order chi connectivity index (χ0) is 19.4. The fraction of sp³-hybridized carbons (Fsp3) is 0.524. The van der Waals surface area contributed by atoms with E-state index in [0.29, 0.717) is 29.4 Å². The quantitative estimate of drug-likeness (QED) is 0.613. The monoisotopic (exact) mass is 372 g/mol. The molecule has 1 saturated heterocycles. The van der Waals surface area contributed by atoms with Crippen molar-refractivity contribution in [2.75, 3.05) is 19.7 Å². The van der Waals surface area contributed by atoms with Crippen LogP contribution < -0.4 is 14.8 Å². The minimum atomic E-state index is -0.0642. The summed E-state index contributed by atoms with van der Waals surface area (Å²) in [4.78, 5) is 25.9. The Morgan fingerprint density at radius 3 is 2.85 bits per heavy atom. The smallest absolute Gasteiger partial charge is 0.231 e. The fourth-order valence-corrected chi connectivity index (χ4v) is 3.59. The van der Waals surface area contributed by atoms with E-state index in [1.165, 1.54) is 6.42 Å². The topological polar surface area (TPSA) is 67.9 Å². The average molecular weight is 372 g/mol. The first-order valence-corrected chi connectivity index (χ1v) is 9.63. The van der Waals surface area contributed by atoms with Crippen molar-refractivity contribution in [1.29, 1.82) is 0 Å². The largest absolute Gasteiger partial charge is 0.493 e. The van der Waals surface area contributed by atoms with Gasteiger partial charge in [-0.05, 0) is 57.2 Å². The van der Waals surface area contributed by atoms with Crippen LogP contribution in [-0.4, -0.2) is 42.5 Å². The second kappa shape index (κ2) is 8.57. The maximum atomic E-state index is 12.2. The SMILES string of the molecule is CC(=O)NC1CCCCN1CCCOc1ccc2c(c1)OC(=C(C)C)C2=O. The summed E-state index contributed by atoms with van der Waals surface area (Å²) in [6, 6.07) is 5.36. The molecule has 0 bridgehead atoms. The number of likely N-dealkylation sites (tertiary alicyclic amines) is 1. The molecule has 1 fully saturated rings. The minimum absolute atomic E-state index is 0.0200. The first kappa shape index (κ1) is 19.4. The fourth-order valence-electron chi connectivity index (χ4n) is 3.59. The van der Waals surface area contributed by atoms with Crippen molar-refractivity contribution >= 4 is 11.7 Å². The first-order valence-electron chi connectivity index (χ1n) is 9.63. The van der Waals surface area contributed by atoms with Gasteiger partial charge in [-0.2, -0.15) is 0 Å². The van der Waals surface area contributed by atoms with Gasteiger partial charge in [-0.3, -0.25) is 14.5 Å². The van der Waals surface area contributed by atoms with Crippen molar-refractivity contribution in [3.05, 3.63) is 35.1 Å². The van der Waals surface area contributed by atoms with Gasteiger partial charge in [-0.1, -0.05) is 0 Å². The molecule has 6 nitrogen and oxygen atoms in total. The Bertz CT molecular complexity index is 753. The second-order valence-corrected chi connectivity index (χ2v) is 7.37. The zero-order valence-corrected chi connectivity index (χ0v) is 16.3. The molecule has 1 atom stereocenters. The van der Waals surface area contributed by atoms with Crippen molar-refractivity contribution in [3.63, 3.8) is 0 Å². The molecule has 3 rings (SSSR count). The summed E-state index contributed by atoms with van der Waals surface area (Å²) in [5, 5.41) is 3.03. The van der Waals surface area contributed by atoms with Crippen LogP contribution in [-0.2, 0) is 4.79 Å².